The summed E-state index contributed by atoms with van der Waals surface area (Å²) in [7, 11) is -9.88. The van der Waals surface area contributed by atoms with Crippen molar-refractivity contribution in [2.75, 3.05) is 39.6 Å². The third kappa shape index (κ3) is 54.0. The minimum atomic E-state index is -4.94. The molecular weight excluding hydrogens is 1070 g/mol. The van der Waals surface area contributed by atoms with E-state index in [2.05, 4.69) is 41.5 Å². The van der Waals surface area contributed by atoms with E-state index in [-0.39, 0.29) is 25.7 Å². The molecule has 0 radical (unpaired) electrons. The lowest BCUT2D eigenvalue weighted by Crippen LogP contribution is -2.30. The van der Waals surface area contributed by atoms with Crippen LogP contribution >= 0.6 is 15.6 Å². The summed E-state index contributed by atoms with van der Waals surface area (Å²) in [6, 6.07) is 0. The average molecular weight is 1190 g/mol. The van der Waals surface area contributed by atoms with Gasteiger partial charge in [0.2, 0.25) is 0 Å². The van der Waals surface area contributed by atoms with Crippen molar-refractivity contribution < 1.29 is 80.2 Å². The number of phosphoric ester groups is 2. The maximum atomic E-state index is 12.9. The van der Waals surface area contributed by atoms with E-state index in [1.54, 1.807) is 0 Å². The van der Waals surface area contributed by atoms with Gasteiger partial charge >= 0.3 is 39.5 Å². The van der Waals surface area contributed by atoms with Crippen molar-refractivity contribution in [3.05, 3.63) is 0 Å². The van der Waals surface area contributed by atoms with Gasteiger partial charge in [-0.25, -0.2) is 9.13 Å². The van der Waals surface area contributed by atoms with E-state index in [0.29, 0.717) is 25.7 Å². The molecule has 0 aliphatic carbocycles. The van der Waals surface area contributed by atoms with E-state index in [1.807, 2.05) is 0 Å². The second-order valence-corrected chi connectivity index (χ2v) is 25.7. The number of aliphatic hydroxyl groups is 1. The highest BCUT2D eigenvalue weighted by Crippen LogP contribution is 2.45. The molecule has 6 atom stereocenters. The number of carbonyl (C=O) groups is 4. The Hall–Kier alpha value is -1.94. The predicted molar refractivity (Wildman–Crippen MR) is 317 cm³/mol. The van der Waals surface area contributed by atoms with Crippen LogP contribution in [0.2, 0.25) is 0 Å². The molecule has 80 heavy (non-hydrogen) atoms. The van der Waals surface area contributed by atoms with Crippen molar-refractivity contribution in [2.24, 2.45) is 11.8 Å². The van der Waals surface area contributed by atoms with Crippen molar-refractivity contribution in [1.82, 2.24) is 0 Å². The fraction of sp³-hybridized carbons (Fsp3) is 0.934. The van der Waals surface area contributed by atoms with Gasteiger partial charge in [0.15, 0.2) is 12.2 Å². The van der Waals surface area contributed by atoms with Gasteiger partial charge in [0.05, 0.1) is 26.4 Å². The number of rotatable bonds is 60. The van der Waals surface area contributed by atoms with Gasteiger partial charge in [0.1, 0.15) is 19.3 Å². The van der Waals surface area contributed by atoms with Crippen LogP contribution in [0.1, 0.15) is 298 Å². The van der Waals surface area contributed by atoms with Crippen molar-refractivity contribution in [3.8, 4) is 0 Å². The fourth-order valence-corrected chi connectivity index (χ4v) is 10.5. The number of hydrogen-bond acceptors (Lipinski definition) is 15. The number of aliphatic hydroxyl groups excluding tert-OH is 1. The number of esters is 4. The number of ether oxygens (including phenoxy) is 4. The van der Waals surface area contributed by atoms with Crippen LogP contribution in [0.4, 0.5) is 0 Å². The highest BCUT2D eigenvalue weighted by Gasteiger charge is 2.30. The van der Waals surface area contributed by atoms with E-state index < -0.39 is 97.5 Å². The summed E-state index contributed by atoms with van der Waals surface area (Å²) in [6.45, 7) is 9.37. The van der Waals surface area contributed by atoms with Crippen molar-refractivity contribution in [2.45, 2.75) is 317 Å². The molecule has 0 aliphatic heterocycles. The Bertz CT molecular complexity index is 1580. The molecule has 0 aliphatic rings. The Morgan fingerprint density at radius 2 is 0.637 bits per heavy atom. The van der Waals surface area contributed by atoms with Gasteiger partial charge in [-0.1, -0.05) is 247 Å². The molecule has 0 fully saturated rings. The predicted octanol–water partition coefficient (Wildman–Crippen LogP) is 16.5. The van der Waals surface area contributed by atoms with E-state index in [0.717, 1.165) is 121 Å². The lowest BCUT2D eigenvalue weighted by Gasteiger charge is -2.21. The first-order chi connectivity index (χ1) is 38.4. The highest BCUT2D eigenvalue weighted by molar-refractivity contribution is 7.47. The zero-order valence-electron chi connectivity index (χ0n) is 51.4. The standard InChI is InChI=1S/C61H118O17P2/c1-7-10-12-14-16-17-21-25-33-39-45-60(65)77-56(49-71-58(63)43-37-31-23-15-13-11-8-2)51-75-79(67,68)73-47-55(62)48-74-80(69,70)76-52-57(50-72-59(64)44-38-32-28-27-30-36-42-54(6)9-3)78-61(66)46-40-34-26-22-19-18-20-24-29-35-41-53(4)5/h53-57,62H,7-52H2,1-6H3,(H,67,68)(H,69,70)/t54?,55-,56+,57+/m0/s1. The Morgan fingerprint density at radius 3 is 0.950 bits per heavy atom. The van der Waals surface area contributed by atoms with E-state index in [9.17, 15) is 43.2 Å². The maximum Gasteiger partial charge on any atom is 0.472 e. The Kier molecular flexibility index (Phi) is 52.5. The van der Waals surface area contributed by atoms with Gasteiger partial charge in [-0.2, -0.15) is 0 Å². The summed E-state index contributed by atoms with van der Waals surface area (Å²) >= 11 is 0. The molecule has 0 bridgehead atoms. The van der Waals surface area contributed by atoms with E-state index >= 15 is 0 Å². The molecule has 0 rings (SSSR count). The number of carbonyl (C=O) groups excluding carboxylic acids is 4. The van der Waals surface area contributed by atoms with Crippen molar-refractivity contribution >= 4 is 39.5 Å². The minimum absolute atomic E-state index is 0.105. The molecule has 0 aromatic carbocycles. The molecule has 0 saturated carbocycles. The smallest absolute Gasteiger partial charge is 0.462 e. The summed E-state index contributed by atoms with van der Waals surface area (Å²) in [4.78, 5) is 71.9. The van der Waals surface area contributed by atoms with Gasteiger partial charge in [-0.05, 0) is 37.5 Å². The minimum Gasteiger partial charge on any atom is -0.462 e. The normalized spacial score (nSPS) is 14.7. The Balaban J connectivity index is 5.22. The van der Waals surface area contributed by atoms with Crippen LogP contribution in [0.3, 0.4) is 0 Å². The first kappa shape index (κ1) is 78.1. The Morgan fingerprint density at radius 1 is 0.362 bits per heavy atom. The molecule has 3 unspecified atom stereocenters. The monoisotopic (exact) mass is 1180 g/mol. The summed E-state index contributed by atoms with van der Waals surface area (Å²) in [6.07, 6.45) is 34.9. The van der Waals surface area contributed by atoms with E-state index in [1.165, 1.54) is 96.3 Å². The third-order valence-electron chi connectivity index (χ3n) is 14.3. The molecular formula is C61H118O17P2. The van der Waals surface area contributed by atoms with Crippen LogP contribution in [0.5, 0.6) is 0 Å². The molecule has 0 amide bonds. The fourth-order valence-electron chi connectivity index (χ4n) is 8.97. The molecule has 474 valence electrons. The highest BCUT2D eigenvalue weighted by atomic mass is 31.2. The van der Waals surface area contributed by atoms with Crippen LogP contribution in [0.25, 0.3) is 0 Å². The molecule has 0 aromatic heterocycles. The van der Waals surface area contributed by atoms with Crippen LogP contribution in [-0.4, -0.2) is 96.7 Å². The molecule has 19 heteroatoms. The van der Waals surface area contributed by atoms with Gasteiger partial charge < -0.3 is 33.8 Å². The van der Waals surface area contributed by atoms with Gasteiger partial charge in [-0.15, -0.1) is 0 Å². The van der Waals surface area contributed by atoms with Gasteiger partial charge in [-0.3, -0.25) is 37.3 Å². The number of unbranched alkanes of at least 4 members (excludes halogenated alkanes) is 29. The van der Waals surface area contributed by atoms with Gasteiger partial charge in [0, 0.05) is 25.7 Å². The summed E-state index contributed by atoms with van der Waals surface area (Å²) in [5, 5.41) is 10.5. The van der Waals surface area contributed by atoms with Crippen molar-refractivity contribution in [1.29, 1.82) is 0 Å². The molecule has 0 aromatic rings. The van der Waals surface area contributed by atoms with Crippen LogP contribution in [0, 0.1) is 11.8 Å². The zero-order chi connectivity index (χ0) is 59.4. The largest absolute Gasteiger partial charge is 0.472 e. The Labute approximate surface area is 486 Å². The maximum absolute atomic E-state index is 12.9. The molecule has 3 N–H and O–H groups in total. The SMILES string of the molecule is CCCCCCCCCCCCC(=O)O[C@H](COC(=O)CCCCCCCCC)COP(=O)(O)OC[C@H](O)COP(=O)(O)OC[C@@H](COC(=O)CCCCCCCCC(C)CC)OC(=O)CCCCCCCCCCCCC(C)C. The summed E-state index contributed by atoms with van der Waals surface area (Å²) < 4.78 is 67.8. The summed E-state index contributed by atoms with van der Waals surface area (Å²) in [5.41, 5.74) is 0. The molecule has 0 spiro atoms. The second-order valence-electron chi connectivity index (χ2n) is 22.8. The van der Waals surface area contributed by atoms with Crippen LogP contribution < -0.4 is 0 Å². The number of hydrogen-bond donors (Lipinski definition) is 3. The molecule has 0 heterocycles. The van der Waals surface area contributed by atoms with Crippen LogP contribution in [0.15, 0.2) is 0 Å². The second kappa shape index (κ2) is 53.8. The quantitative estimate of drug-likeness (QED) is 0.0222. The molecule has 0 saturated heterocycles. The lowest BCUT2D eigenvalue weighted by molar-refractivity contribution is -0.161. The molecule has 17 nitrogen and oxygen atoms in total. The topological polar surface area (TPSA) is 237 Å². The lowest BCUT2D eigenvalue weighted by atomic mass is 10.00. The first-order valence-corrected chi connectivity index (χ1v) is 35.0. The average Bonchev–Trinajstić information content (AvgIpc) is 3.42. The van der Waals surface area contributed by atoms with E-state index in [4.69, 9.17) is 37.0 Å². The number of phosphoric acid groups is 2. The first-order valence-electron chi connectivity index (χ1n) is 32.0. The summed E-state index contributed by atoms with van der Waals surface area (Å²) in [5.74, 6) is -0.660. The third-order valence-corrected chi connectivity index (χ3v) is 16.2. The van der Waals surface area contributed by atoms with Gasteiger partial charge in [0.25, 0.3) is 0 Å². The zero-order valence-corrected chi connectivity index (χ0v) is 53.2. The van der Waals surface area contributed by atoms with Crippen molar-refractivity contribution in [3.63, 3.8) is 0 Å². The van der Waals surface area contributed by atoms with Crippen LogP contribution in [-0.2, 0) is 65.4 Å².